The first-order chi connectivity index (χ1) is 27.3. The van der Waals surface area contributed by atoms with E-state index in [-0.39, 0.29) is 0 Å². The number of unbranched alkanes of at least 4 members (excludes halogenated alkanes) is 9. The largest absolute Gasteiger partial charge is 0.340 e. The summed E-state index contributed by atoms with van der Waals surface area (Å²) < 4.78 is 7.55. The van der Waals surface area contributed by atoms with Crippen LogP contribution in [0.3, 0.4) is 0 Å². The molecule has 9 aromatic rings. The molecule has 0 atom stereocenters. The van der Waals surface area contributed by atoms with Gasteiger partial charge in [0.15, 0.2) is 0 Å². The average molecular weight is 794 g/mol. The smallest absolute Gasteiger partial charge is 0.0635 e. The number of aryl methyl sites for hydroxylation is 1. The molecule has 55 heavy (non-hydrogen) atoms. The van der Waals surface area contributed by atoms with E-state index in [1.54, 1.807) is 45.3 Å². The van der Waals surface area contributed by atoms with E-state index in [0.717, 1.165) is 6.54 Å². The molecule has 0 bridgehead atoms. The predicted octanol–water partition coefficient (Wildman–Crippen LogP) is 16.2. The fraction of sp³-hybridized carbons (Fsp3) is 0.250. The molecule has 0 N–H and O–H groups in total. The summed E-state index contributed by atoms with van der Waals surface area (Å²) in [5.74, 6) is 0. The first-order valence-electron chi connectivity index (χ1n) is 19.9. The molecule has 7 aromatic heterocycles. The third-order valence-electron chi connectivity index (χ3n) is 10.9. The van der Waals surface area contributed by atoms with Crippen molar-refractivity contribution in [1.29, 1.82) is 0 Å². The van der Waals surface area contributed by atoms with Crippen LogP contribution in [0.1, 0.15) is 71.1 Å². The molecule has 9 rings (SSSR count). The Kier molecular flexibility index (Phi) is 11.0. The van der Waals surface area contributed by atoms with Gasteiger partial charge in [0.25, 0.3) is 0 Å². The molecule has 0 aliphatic rings. The van der Waals surface area contributed by atoms with Crippen LogP contribution < -0.4 is 0 Å². The SMILES string of the molecule is CCCCCCCCCCCCn1c2ccc(-n3c(-c4cccs4)ccc3-c3cccs3)cc2c2cc(-n3c(-c4cccs4)ccc3-c3cccs3)ccc21. The highest BCUT2D eigenvalue weighted by molar-refractivity contribution is 7.14. The summed E-state index contributed by atoms with van der Waals surface area (Å²) in [5.41, 5.74) is 9.99. The highest BCUT2D eigenvalue weighted by atomic mass is 32.1. The fourth-order valence-corrected chi connectivity index (χ4v) is 11.2. The van der Waals surface area contributed by atoms with Crippen LogP contribution in [0, 0.1) is 0 Å². The summed E-state index contributed by atoms with van der Waals surface area (Å²) in [5, 5.41) is 11.3. The highest BCUT2D eigenvalue weighted by Gasteiger charge is 2.20. The lowest BCUT2D eigenvalue weighted by Crippen LogP contribution is -2.00. The van der Waals surface area contributed by atoms with Crippen molar-refractivity contribution in [1.82, 2.24) is 13.7 Å². The predicted molar refractivity (Wildman–Crippen MR) is 243 cm³/mol. The molecule has 0 saturated heterocycles. The second kappa shape index (κ2) is 16.8. The number of rotatable bonds is 17. The molecule has 0 saturated carbocycles. The number of aromatic nitrogens is 3. The molecule has 7 heteroatoms. The first-order valence-corrected chi connectivity index (χ1v) is 23.5. The van der Waals surface area contributed by atoms with Gasteiger partial charge in [0, 0.05) is 39.7 Å². The highest BCUT2D eigenvalue weighted by Crippen LogP contribution is 2.41. The third kappa shape index (κ3) is 7.36. The Morgan fingerprint density at radius 3 is 1.11 bits per heavy atom. The number of benzene rings is 2. The normalized spacial score (nSPS) is 11.8. The third-order valence-corrected chi connectivity index (χ3v) is 14.5. The van der Waals surface area contributed by atoms with Crippen LogP contribution in [0.2, 0.25) is 0 Å². The molecule has 3 nitrogen and oxygen atoms in total. The minimum Gasteiger partial charge on any atom is -0.340 e. The van der Waals surface area contributed by atoms with Crippen LogP contribution in [0.25, 0.3) is 75.5 Å². The van der Waals surface area contributed by atoms with Gasteiger partial charge in [-0.1, -0.05) is 89.0 Å². The fourth-order valence-electron chi connectivity index (χ4n) is 8.25. The molecule has 0 aliphatic heterocycles. The molecule has 7 heterocycles. The summed E-state index contributed by atoms with van der Waals surface area (Å²) in [6.07, 6.45) is 13.4. The van der Waals surface area contributed by atoms with Gasteiger partial charge in [-0.2, -0.15) is 0 Å². The summed E-state index contributed by atoms with van der Waals surface area (Å²) >= 11 is 7.22. The van der Waals surface area contributed by atoms with E-state index in [2.05, 4.69) is 151 Å². The van der Waals surface area contributed by atoms with Crippen molar-refractivity contribution in [3.05, 3.63) is 131 Å². The Morgan fingerprint density at radius 1 is 0.400 bits per heavy atom. The van der Waals surface area contributed by atoms with Crippen molar-refractivity contribution < 1.29 is 0 Å². The van der Waals surface area contributed by atoms with E-state index >= 15 is 0 Å². The maximum atomic E-state index is 2.61. The second-order valence-electron chi connectivity index (χ2n) is 14.5. The van der Waals surface area contributed by atoms with Crippen molar-refractivity contribution in [2.24, 2.45) is 0 Å². The topological polar surface area (TPSA) is 14.8 Å². The lowest BCUT2D eigenvalue weighted by molar-refractivity contribution is 0.541. The first kappa shape index (κ1) is 36.3. The number of hydrogen-bond donors (Lipinski definition) is 0. The Bertz CT molecular complexity index is 2300. The number of hydrogen-bond acceptors (Lipinski definition) is 4. The molecule has 0 unspecified atom stereocenters. The summed E-state index contributed by atoms with van der Waals surface area (Å²) in [4.78, 5) is 5.12. The Morgan fingerprint density at radius 2 is 0.764 bits per heavy atom. The van der Waals surface area contributed by atoms with E-state index in [9.17, 15) is 0 Å². The van der Waals surface area contributed by atoms with E-state index in [0.29, 0.717) is 0 Å². The van der Waals surface area contributed by atoms with E-state index < -0.39 is 0 Å². The summed E-state index contributed by atoms with van der Waals surface area (Å²) in [6, 6.07) is 41.2. The Labute approximate surface area is 340 Å². The van der Waals surface area contributed by atoms with Crippen molar-refractivity contribution in [2.45, 2.75) is 77.7 Å². The molecule has 0 spiro atoms. The van der Waals surface area contributed by atoms with Crippen LogP contribution in [0.5, 0.6) is 0 Å². The quantitative estimate of drug-likeness (QED) is 0.0816. The molecule has 2 aromatic carbocycles. The lowest BCUT2D eigenvalue weighted by Gasteiger charge is -2.14. The van der Waals surface area contributed by atoms with Crippen LogP contribution in [-0.2, 0) is 6.54 Å². The second-order valence-corrected chi connectivity index (χ2v) is 18.3. The van der Waals surface area contributed by atoms with Gasteiger partial charge in [-0.15, -0.1) is 45.3 Å². The maximum absolute atomic E-state index is 2.61. The minimum absolute atomic E-state index is 1.03. The van der Waals surface area contributed by atoms with Gasteiger partial charge in [0.2, 0.25) is 0 Å². The zero-order valence-electron chi connectivity index (χ0n) is 31.5. The molecule has 0 aliphatic carbocycles. The molecular formula is C48H47N3S4. The van der Waals surface area contributed by atoms with Crippen LogP contribution in [-0.4, -0.2) is 13.7 Å². The minimum atomic E-state index is 1.03. The van der Waals surface area contributed by atoms with Gasteiger partial charge in [0.1, 0.15) is 0 Å². The number of thiophene rings is 4. The maximum Gasteiger partial charge on any atom is 0.0635 e. The monoisotopic (exact) mass is 793 g/mol. The molecule has 278 valence electrons. The van der Waals surface area contributed by atoms with Gasteiger partial charge in [-0.3, -0.25) is 0 Å². The van der Waals surface area contributed by atoms with Crippen LogP contribution in [0.15, 0.2) is 131 Å². The van der Waals surface area contributed by atoms with Gasteiger partial charge in [0.05, 0.1) is 42.3 Å². The van der Waals surface area contributed by atoms with E-state index in [1.807, 2.05) is 0 Å². The lowest BCUT2D eigenvalue weighted by atomic mass is 10.1. The zero-order valence-corrected chi connectivity index (χ0v) is 34.7. The molecular weight excluding hydrogens is 747 g/mol. The van der Waals surface area contributed by atoms with Gasteiger partial charge in [-0.25, -0.2) is 0 Å². The van der Waals surface area contributed by atoms with E-state index in [4.69, 9.17) is 0 Å². The summed E-state index contributed by atoms with van der Waals surface area (Å²) in [7, 11) is 0. The van der Waals surface area contributed by atoms with Gasteiger partial charge >= 0.3 is 0 Å². The standard InChI is InChI=1S/C48H47N3S4/c1-2-3-4-5-6-7-8-9-10-11-28-49-39-22-20-35(50-41(45-16-12-29-52-45)24-25-42(50)46-17-13-30-53-46)33-37(39)38-34-36(21-23-40(38)49)51-43(47-18-14-31-54-47)26-27-44(51)48-19-15-32-55-48/h12-27,29-34H,2-11,28H2,1H3. The van der Waals surface area contributed by atoms with Crippen molar-refractivity contribution in [2.75, 3.05) is 0 Å². The Hall–Kier alpha value is -4.40. The van der Waals surface area contributed by atoms with Crippen molar-refractivity contribution >= 4 is 67.2 Å². The number of nitrogens with zero attached hydrogens (tertiary/aromatic N) is 3. The molecule has 0 fully saturated rings. The van der Waals surface area contributed by atoms with Gasteiger partial charge in [-0.05, 0) is 113 Å². The average Bonchev–Trinajstić information content (AvgIpc) is 4.05. The summed E-state index contributed by atoms with van der Waals surface area (Å²) in [6.45, 7) is 3.33. The van der Waals surface area contributed by atoms with Crippen LogP contribution in [0.4, 0.5) is 0 Å². The van der Waals surface area contributed by atoms with Crippen molar-refractivity contribution in [3.8, 4) is 53.7 Å². The molecule has 0 amide bonds. The number of fused-ring (bicyclic) bond motifs is 3. The van der Waals surface area contributed by atoms with Crippen molar-refractivity contribution in [3.63, 3.8) is 0 Å². The van der Waals surface area contributed by atoms with Crippen LogP contribution >= 0.6 is 45.3 Å². The van der Waals surface area contributed by atoms with E-state index in [1.165, 1.54) is 140 Å². The Balaban J connectivity index is 1.14. The zero-order chi connectivity index (χ0) is 37.0. The van der Waals surface area contributed by atoms with Gasteiger partial charge < -0.3 is 13.7 Å². The molecule has 0 radical (unpaired) electrons.